The lowest BCUT2D eigenvalue weighted by Gasteiger charge is -2.27. The topological polar surface area (TPSA) is 76.1 Å². The molecule has 0 aromatic heterocycles. The van der Waals surface area contributed by atoms with Crippen molar-refractivity contribution in [3.8, 4) is 11.5 Å². The lowest BCUT2D eigenvalue weighted by Crippen LogP contribution is -2.29. The first-order chi connectivity index (χ1) is 18.4. The third-order valence-corrected chi connectivity index (χ3v) is 7.36. The van der Waals surface area contributed by atoms with Gasteiger partial charge < -0.3 is 14.6 Å². The zero-order valence-electron chi connectivity index (χ0n) is 23.4. The van der Waals surface area contributed by atoms with Crippen LogP contribution in [0.25, 0.3) is 5.76 Å². The summed E-state index contributed by atoms with van der Waals surface area (Å²) >= 11 is 0. The Morgan fingerprint density at radius 3 is 1.87 bits per heavy atom. The van der Waals surface area contributed by atoms with E-state index in [9.17, 15) is 14.7 Å². The fraction of sp³-hybridized carbons (Fsp3) is 0.333. The first kappa shape index (κ1) is 26.5. The van der Waals surface area contributed by atoms with Crippen molar-refractivity contribution in [1.29, 1.82) is 0 Å². The standard InChI is InChI=1S/C33H35NO5/c1-32(2,3)22-10-7-20(8-11-22)28-27(29(35)21-9-16-25-26(19-21)39-18-17-38-25)30(36)31(37)34(28)24-14-12-23(13-15-24)33(4,5)6/h7-16,19,28,35H,17-18H2,1-6H3/b29-27-. The molecule has 2 aliphatic rings. The Bertz CT molecular complexity index is 1450. The number of carbonyl (C=O) groups is 2. The van der Waals surface area contributed by atoms with Crippen LogP contribution in [0, 0.1) is 0 Å². The smallest absolute Gasteiger partial charge is 0.300 e. The molecule has 0 aliphatic carbocycles. The van der Waals surface area contributed by atoms with E-state index < -0.39 is 17.7 Å². The number of ketones is 1. The molecule has 3 aromatic rings. The number of aliphatic hydroxyl groups is 1. The minimum absolute atomic E-state index is 0.0417. The molecule has 2 heterocycles. The average molecular weight is 526 g/mol. The van der Waals surface area contributed by atoms with Crippen LogP contribution in [0.3, 0.4) is 0 Å². The van der Waals surface area contributed by atoms with Gasteiger partial charge in [-0.15, -0.1) is 0 Å². The zero-order chi connectivity index (χ0) is 28.1. The fourth-order valence-corrected chi connectivity index (χ4v) is 5.05. The monoisotopic (exact) mass is 525 g/mol. The second kappa shape index (κ2) is 9.60. The summed E-state index contributed by atoms with van der Waals surface area (Å²) in [6.45, 7) is 13.6. The van der Waals surface area contributed by atoms with Gasteiger partial charge in [-0.05, 0) is 57.9 Å². The highest BCUT2D eigenvalue weighted by Gasteiger charge is 2.47. The van der Waals surface area contributed by atoms with Crippen molar-refractivity contribution in [3.05, 3.63) is 94.6 Å². The fourth-order valence-electron chi connectivity index (χ4n) is 5.05. The lowest BCUT2D eigenvalue weighted by atomic mass is 9.85. The van der Waals surface area contributed by atoms with Crippen molar-refractivity contribution in [3.63, 3.8) is 0 Å². The lowest BCUT2D eigenvalue weighted by molar-refractivity contribution is -0.132. The maximum absolute atomic E-state index is 13.6. The van der Waals surface area contributed by atoms with Crippen LogP contribution in [0.1, 0.15) is 69.8 Å². The Kier molecular flexibility index (Phi) is 6.53. The predicted molar refractivity (Wildman–Crippen MR) is 152 cm³/mol. The van der Waals surface area contributed by atoms with Gasteiger partial charge in [0.2, 0.25) is 0 Å². The number of nitrogens with zero attached hydrogens (tertiary/aromatic N) is 1. The van der Waals surface area contributed by atoms with E-state index in [1.54, 1.807) is 18.2 Å². The van der Waals surface area contributed by atoms with E-state index in [0.29, 0.717) is 36.0 Å². The molecule has 3 aromatic carbocycles. The van der Waals surface area contributed by atoms with Crippen LogP contribution in [0.5, 0.6) is 11.5 Å². The van der Waals surface area contributed by atoms with Gasteiger partial charge in [-0.3, -0.25) is 14.5 Å². The summed E-state index contributed by atoms with van der Waals surface area (Å²) in [5.74, 6) is -0.589. The molecule has 202 valence electrons. The molecule has 6 nitrogen and oxygen atoms in total. The van der Waals surface area contributed by atoms with Gasteiger partial charge in [0, 0.05) is 11.3 Å². The molecule has 0 radical (unpaired) electrons. The Labute approximate surface area is 229 Å². The number of Topliss-reactive ketones (excluding diaryl/α,β-unsaturated/α-hetero) is 1. The molecule has 1 N–H and O–H groups in total. The van der Waals surface area contributed by atoms with Crippen molar-refractivity contribution in [1.82, 2.24) is 0 Å². The van der Waals surface area contributed by atoms with E-state index in [2.05, 4.69) is 41.5 Å². The van der Waals surface area contributed by atoms with Crippen LogP contribution < -0.4 is 14.4 Å². The van der Waals surface area contributed by atoms with Crippen LogP contribution in [0.2, 0.25) is 0 Å². The van der Waals surface area contributed by atoms with Crippen LogP contribution >= 0.6 is 0 Å². The summed E-state index contributed by atoms with van der Waals surface area (Å²) < 4.78 is 11.3. The summed E-state index contributed by atoms with van der Waals surface area (Å²) in [6.07, 6.45) is 0. The van der Waals surface area contributed by atoms with Crippen LogP contribution in [0.15, 0.2) is 72.3 Å². The second-order valence-electron chi connectivity index (χ2n) is 12.2. The molecule has 1 unspecified atom stereocenters. The Morgan fingerprint density at radius 2 is 1.31 bits per heavy atom. The Morgan fingerprint density at radius 1 is 0.769 bits per heavy atom. The van der Waals surface area contributed by atoms with Crippen LogP contribution in [-0.4, -0.2) is 30.0 Å². The second-order valence-corrected chi connectivity index (χ2v) is 12.2. The SMILES string of the molecule is CC(C)(C)c1ccc(C2/C(=C(/O)c3ccc4c(c3)OCCO4)C(=O)C(=O)N2c2ccc(C(C)(C)C)cc2)cc1. The first-order valence-corrected chi connectivity index (χ1v) is 13.3. The van der Waals surface area contributed by atoms with Gasteiger partial charge in [-0.25, -0.2) is 0 Å². The van der Waals surface area contributed by atoms with E-state index in [1.807, 2.05) is 48.5 Å². The van der Waals surface area contributed by atoms with E-state index in [1.165, 1.54) is 4.90 Å². The molecule has 39 heavy (non-hydrogen) atoms. The highest BCUT2D eigenvalue weighted by molar-refractivity contribution is 6.51. The number of ether oxygens (including phenoxy) is 2. The number of anilines is 1. The van der Waals surface area contributed by atoms with Gasteiger partial charge in [0.1, 0.15) is 19.0 Å². The molecule has 0 bridgehead atoms. The van der Waals surface area contributed by atoms with Crippen molar-refractivity contribution in [2.45, 2.75) is 58.4 Å². The Balaban J connectivity index is 1.66. The zero-order valence-corrected chi connectivity index (χ0v) is 23.4. The number of fused-ring (bicyclic) bond motifs is 1. The number of hydrogen-bond donors (Lipinski definition) is 1. The number of amides is 1. The van der Waals surface area contributed by atoms with Crippen LogP contribution in [0.4, 0.5) is 5.69 Å². The first-order valence-electron chi connectivity index (χ1n) is 13.3. The van der Waals surface area contributed by atoms with Gasteiger partial charge in [0.15, 0.2) is 11.5 Å². The predicted octanol–water partition coefficient (Wildman–Crippen LogP) is 6.68. The third-order valence-electron chi connectivity index (χ3n) is 7.36. The van der Waals surface area contributed by atoms with Crippen LogP contribution in [-0.2, 0) is 20.4 Å². The molecule has 1 amide bonds. The maximum Gasteiger partial charge on any atom is 0.300 e. The van der Waals surface area contributed by atoms with Gasteiger partial charge >= 0.3 is 0 Å². The minimum atomic E-state index is -0.798. The number of hydrogen-bond acceptors (Lipinski definition) is 5. The van der Waals surface area contributed by atoms with Crippen molar-refractivity contribution in [2.75, 3.05) is 18.1 Å². The van der Waals surface area contributed by atoms with Gasteiger partial charge in [-0.1, -0.05) is 77.9 Å². The Hall–Kier alpha value is -4.06. The molecule has 6 heteroatoms. The largest absolute Gasteiger partial charge is 0.507 e. The molecule has 1 atom stereocenters. The van der Waals surface area contributed by atoms with Gasteiger partial charge in [-0.2, -0.15) is 0 Å². The summed E-state index contributed by atoms with van der Waals surface area (Å²) in [7, 11) is 0. The number of rotatable bonds is 3. The number of benzene rings is 3. The van der Waals surface area contributed by atoms with Crippen molar-refractivity contribution in [2.24, 2.45) is 0 Å². The van der Waals surface area contributed by atoms with Gasteiger partial charge in [0.05, 0.1) is 11.6 Å². The summed E-state index contributed by atoms with van der Waals surface area (Å²) in [5.41, 5.74) is 3.88. The van der Waals surface area contributed by atoms with Gasteiger partial charge in [0.25, 0.3) is 11.7 Å². The number of aliphatic hydroxyl groups excluding tert-OH is 1. The van der Waals surface area contributed by atoms with E-state index in [-0.39, 0.29) is 22.2 Å². The van der Waals surface area contributed by atoms with Crippen molar-refractivity contribution >= 4 is 23.1 Å². The minimum Gasteiger partial charge on any atom is -0.507 e. The number of carbonyl (C=O) groups excluding carboxylic acids is 2. The average Bonchev–Trinajstić information content (AvgIpc) is 3.17. The molecule has 0 saturated carbocycles. The molecule has 1 saturated heterocycles. The highest BCUT2D eigenvalue weighted by atomic mass is 16.6. The third kappa shape index (κ3) is 4.91. The van der Waals surface area contributed by atoms with Crippen molar-refractivity contribution < 1.29 is 24.2 Å². The van der Waals surface area contributed by atoms with E-state index in [0.717, 1.165) is 16.7 Å². The quantitative estimate of drug-likeness (QED) is 0.235. The highest BCUT2D eigenvalue weighted by Crippen LogP contribution is 2.44. The molecular weight excluding hydrogens is 490 g/mol. The normalized spacial score (nSPS) is 18.9. The summed E-state index contributed by atoms with van der Waals surface area (Å²) in [5, 5.41) is 11.5. The maximum atomic E-state index is 13.6. The molecular formula is C33H35NO5. The molecule has 2 aliphatic heterocycles. The molecule has 0 spiro atoms. The summed E-state index contributed by atoms with van der Waals surface area (Å²) in [6, 6.07) is 19.8. The molecule has 5 rings (SSSR count). The van der Waals surface area contributed by atoms with E-state index in [4.69, 9.17) is 9.47 Å². The van der Waals surface area contributed by atoms with E-state index >= 15 is 0 Å². The summed E-state index contributed by atoms with van der Waals surface area (Å²) in [4.78, 5) is 28.6. The molecule has 1 fully saturated rings.